The third-order valence-electron chi connectivity index (χ3n) is 4.10. The molecule has 0 spiro atoms. The lowest BCUT2D eigenvalue weighted by molar-refractivity contribution is 0.557. The summed E-state index contributed by atoms with van der Waals surface area (Å²) in [5.74, 6) is 1.70. The molecule has 122 valence electrons. The van der Waals surface area contributed by atoms with Crippen molar-refractivity contribution in [3.63, 3.8) is 0 Å². The van der Waals surface area contributed by atoms with Crippen LogP contribution in [0.15, 0.2) is 63.8 Å². The summed E-state index contributed by atoms with van der Waals surface area (Å²) in [5, 5.41) is 1.04. The van der Waals surface area contributed by atoms with Crippen molar-refractivity contribution in [3.8, 4) is 0 Å². The van der Waals surface area contributed by atoms with Gasteiger partial charge in [-0.25, -0.2) is 4.79 Å². The predicted molar refractivity (Wildman–Crippen MR) is 104 cm³/mol. The summed E-state index contributed by atoms with van der Waals surface area (Å²) in [5.41, 5.74) is 4.88. The van der Waals surface area contributed by atoms with E-state index in [1.165, 1.54) is 5.56 Å². The Labute approximate surface area is 146 Å². The molecule has 1 aromatic heterocycles. The number of thioether (sulfide) groups is 1. The molecule has 0 aliphatic carbocycles. The van der Waals surface area contributed by atoms with Crippen LogP contribution in [0.5, 0.6) is 0 Å². The summed E-state index contributed by atoms with van der Waals surface area (Å²) in [6.07, 6.45) is 4.28. The van der Waals surface area contributed by atoms with E-state index in [9.17, 15) is 4.79 Å². The smallest absolute Gasteiger partial charge is 0.336 e. The lowest BCUT2D eigenvalue weighted by Gasteiger charge is -2.08. The molecule has 2 aromatic carbocycles. The molecule has 24 heavy (non-hydrogen) atoms. The van der Waals surface area contributed by atoms with Crippen LogP contribution >= 0.6 is 11.8 Å². The zero-order valence-corrected chi connectivity index (χ0v) is 14.7. The van der Waals surface area contributed by atoms with E-state index in [0.717, 1.165) is 39.2 Å². The molecule has 0 atom stereocenters. The van der Waals surface area contributed by atoms with Gasteiger partial charge in [-0.15, -0.1) is 0 Å². The van der Waals surface area contributed by atoms with Crippen molar-refractivity contribution < 1.29 is 4.42 Å². The van der Waals surface area contributed by atoms with E-state index in [1.807, 2.05) is 32.0 Å². The summed E-state index contributed by atoms with van der Waals surface area (Å²) in [7, 11) is 0. The summed E-state index contributed by atoms with van der Waals surface area (Å²) in [4.78, 5) is 11.9. The zero-order chi connectivity index (χ0) is 16.9. The molecule has 0 saturated heterocycles. The molecule has 0 fully saturated rings. The molecule has 0 N–H and O–H groups in total. The average Bonchev–Trinajstić information content (AvgIpc) is 2.59. The van der Waals surface area contributed by atoms with Gasteiger partial charge in [-0.2, -0.15) is 11.8 Å². The second-order valence-corrected chi connectivity index (χ2v) is 6.83. The van der Waals surface area contributed by atoms with Crippen LogP contribution in [0.2, 0.25) is 0 Å². The Morgan fingerprint density at radius 1 is 1.08 bits per heavy atom. The van der Waals surface area contributed by atoms with Crippen molar-refractivity contribution in [3.05, 3.63) is 87.3 Å². The molecule has 0 aliphatic rings. The van der Waals surface area contributed by atoms with Crippen LogP contribution in [0.1, 0.15) is 22.3 Å². The first-order valence-electron chi connectivity index (χ1n) is 7.97. The van der Waals surface area contributed by atoms with Gasteiger partial charge in [-0.1, -0.05) is 54.6 Å². The van der Waals surface area contributed by atoms with Gasteiger partial charge in [0.1, 0.15) is 5.58 Å². The molecule has 0 amide bonds. The van der Waals surface area contributed by atoms with E-state index in [1.54, 1.807) is 17.8 Å². The maximum atomic E-state index is 11.9. The normalized spacial score (nSPS) is 11.4. The standard InChI is InChI=1S/C21H20O2S/c1-15-10-11-19-18(13-20(22)23-21(19)16(15)2)14-24-12-6-9-17-7-4-3-5-8-17/h3-11,13H,12,14H2,1-2H3/b9-6+. The predicted octanol–water partition coefficient (Wildman–Crippen LogP) is 5.36. The van der Waals surface area contributed by atoms with Gasteiger partial charge < -0.3 is 4.42 Å². The Hall–Kier alpha value is -2.26. The van der Waals surface area contributed by atoms with E-state index < -0.39 is 0 Å². The molecule has 3 rings (SSSR count). The quantitative estimate of drug-likeness (QED) is 0.464. The highest BCUT2D eigenvalue weighted by molar-refractivity contribution is 7.98. The maximum absolute atomic E-state index is 11.9. The Morgan fingerprint density at radius 2 is 1.88 bits per heavy atom. The van der Waals surface area contributed by atoms with Gasteiger partial charge >= 0.3 is 5.63 Å². The second kappa shape index (κ2) is 7.54. The molecule has 2 nitrogen and oxygen atoms in total. The molecule has 0 saturated carbocycles. The SMILES string of the molecule is Cc1ccc2c(CSC/C=C/c3ccccc3)cc(=O)oc2c1C. The maximum Gasteiger partial charge on any atom is 0.336 e. The molecular formula is C21H20O2S. The number of benzene rings is 2. The Bertz CT molecular complexity index is 924. The first-order valence-corrected chi connectivity index (χ1v) is 9.13. The van der Waals surface area contributed by atoms with Crippen LogP contribution in [0, 0.1) is 13.8 Å². The number of hydrogen-bond acceptors (Lipinski definition) is 3. The molecule has 1 heterocycles. The number of fused-ring (bicyclic) bond motifs is 1. The first-order chi connectivity index (χ1) is 11.6. The van der Waals surface area contributed by atoms with Gasteiger partial charge in [0.15, 0.2) is 0 Å². The molecule has 3 aromatic rings. The van der Waals surface area contributed by atoms with Gasteiger partial charge in [0.2, 0.25) is 0 Å². The van der Waals surface area contributed by atoms with Crippen molar-refractivity contribution in [1.82, 2.24) is 0 Å². The van der Waals surface area contributed by atoms with Crippen LogP contribution in [-0.4, -0.2) is 5.75 Å². The fraction of sp³-hybridized carbons (Fsp3) is 0.190. The Balaban J connectivity index is 1.73. The van der Waals surface area contributed by atoms with Crippen molar-refractivity contribution in [2.24, 2.45) is 0 Å². The molecule has 0 aliphatic heterocycles. The molecular weight excluding hydrogens is 316 g/mol. The van der Waals surface area contributed by atoms with Gasteiger partial charge in [0.25, 0.3) is 0 Å². The van der Waals surface area contributed by atoms with Gasteiger partial charge in [-0.05, 0) is 36.1 Å². The van der Waals surface area contributed by atoms with Crippen molar-refractivity contribution >= 4 is 28.8 Å². The fourth-order valence-corrected chi connectivity index (χ4v) is 3.44. The van der Waals surface area contributed by atoms with Gasteiger partial charge in [0.05, 0.1) is 0 Å². The van der Waals surface area contributed by atoms with E-state index in [0.29, 0.717) is 0 Å². The fourth-order valence-electron chi connectivity index (χ4n) is 2.63. The largest absolute Gasteiger partial charge is 0.422 e. The minimum Gasteiger partial charge on any atom is -0.422 e. The summed E-state index contributed by atoms with van der Waals surface area (Å²) in [6.45, 7) is 4.03. The van der Waals surface area contributed by atoms with Crippen LogP contribution in [-0.2, 0) is 5.75 Å². The number of rotatable bonds is 5. The topological polar surface area (TPSA) is 30.2 Å². The van der Waals surface area contributed by atoms with Crippen molar-refractivity contribution in [2.75, 3.05) is 5.75 Å². The number of aryl methyl sites for hydroxylation is 2. The van der Waals surface area contributed by atoms with E-state index in [-0.39, 0.29) is 5.63 Å². The van der Waals surface area contributed by atoms with Crippen LogP contribution in [0.4, 0.5) is 0 Å². The summed E-state index contributed by atoms with van der Waals surface area (Å²) < 4.78 is 5.42. The molecule has 0 bridgehead atoms. The lowest BCUT2D eigenvalue weighted by atomic mass is 10.0. The molecule has 0 radical (unpaired) electrons. The van der Waals surface area contributed by atoms with E-state index in [4.69, 9.17) is 4.42 Å². The molecule has 0 unspecified atom stereocenters. The van der Waals surface area contributed by atoms with Crippen LogP contribution in [0.3, 0.4) is 0 Å². The highest BCUT2D eigenvalue weighted by atomic mass is 32.2. The monoisotopic (exact) mass is 336 g/mol. The second-order valence-electron chi connectivity index (χ2n) is 5.80. The summed E-state index contributed by atoms with van der Waals surface area (Å²) in [6, 6.07) is 16.0. The third kappa shape index (κ3) is 3.80. The minimum absolute atomic E-state index is 0.272. The van der Waals surface area contributed by atoms with Gasteiger partial charge in [-0.3, -0.25) is 0 Å². The van der Waals surface area contributed by atoms with Gasteiger partial charge in [0, 0.05) is 23.0 Å². The van der Waals surface area contributed by atoms with Crippen molar-refractivity contribution in [1.29, 1.82) is 0 Å². The lowest BCUT2D eigenvalue weighted by Crippen LogP contribution is -2.01. The van der Waals surface area contributed by atoms with Crippen molar-refractivity contribution in [2.45, 2.75) is 19.6 Å². The molecule has 3 heteroatoms. The van der Waals surface area contributed by atoms with E-state index >= 15 is 0 Å². The van der Waals surface area contributed by atoms with Crippen LogP contribution < -0.4 is 5.63 Å². The first kappa shape index (κ1) is 16.6. The highest BCUT2D eigenvalue weighted by Gasteiger charge is 2.09. The summed E-state index contributed by atoms with van der Waals surface area (Å²) >= 11 is 1.79. The highest BCUT2D eigenvalue weighted by Crippen LogP contribution is 2.25. The Morgan fingerprint density at radius 3 is 2.67 bits per heavy atom. The number of hydrogen-bond donors (Lipinski definition) is 0. The average molecular weight is 336 g/mol. The minimum atomic E-state index is -0.272. The Kier molecular flexibility index (Phi) is 5.21. The van der Waals surface area contributed by atoms with E-state index in [2.05, 4.69) is 36.4 Å². The van der Waals surface area contributed by atoms with Crippen LogP contribution in [0.25, 0.3) is 17.0 Å². The third-order valence-corrected chi connectivity index (χ3v) is 5.04. The zero-order valence-electron chi connectivity index (χ0n) is 13.9.